The molecule has 1 aromatic carbocycles. The molecule has 0 spiro atoms. The quantitative estimate of drug-likeness (QED) is 0.735. The van der Waals surface area contributed by atoms with Gasteiger partial charge in [-0.3, -0.25) is 0 Å². The maximum atomic E-state index is 11.4. The Morgan fingerprint density at radius 2 is 2.12 bits per heavy atom. The van der Waals surface area contributed by atoms with Crippen molar-refractivity contribution in [3.8, 4) is 5.75 Å². The van der Waals surface area contributed by atoms with Crippen molar-refractivity contribution in [2.75, 3.05) is 5.32 Å². The maximum absolute atomic E-state index is 11.4. The first kappa shape index (κ1) is 12.4. The van der Waals surface area contributed by atoms with Crippen molar-refractivity contribution in [3.63, 3.8) is 0 Å². The summed E-state index contributed by atoms with van der Waals surface area (Å²) in [5.74, 6) is 0.213. The van der Waals surface area contributed by atoms with Gasteiger partial charge in [-0.15, -0.1) is 0 Å². The molecule has 0 aromatic heterocycles. The van der Waals surface area contributed by atoms with Crippen LogP contribution in [0.5, 0.6) is 5.75 Å². The van der Waals surface area contributed by atoms with Crippen LogP contribution in [0.3, 0.4) is 0 Å². The molecule has 4 nitrogen and oxygen atoms in total. The number of carbonyl (C=O) groups is 1. The van der Waals surface area contributed by atoms with E-state index in [9.17, 15) is 9.90 Å². The Balaban J connectivity index is 2.68. The van der Waals surface area contributed by atoms with Crippen LogP contribution in [0.4, 0.5) is 10.5 Å². The second kappa shape index (κ2) is 5.39. The Morgan fingerprint density at radius 3 is 2.62 bits per heavy atom. The lowest BCUT2D eigenvalue weighted by Gasteiger charge is -2.11. The SMILES string of the molecule is CCc1ccc(NC(=O)NC(C)C)cc1O. The molecule has 4 heteroatoms. The van der Waals surface area contributed by atoms with E-state index in [1.807, 2.05) is 20.8 Å². The first-order chi connectivity index (χ1) is 7.52. The zero-order valence-corrected chi connectivity index (χ0v) is 9.87. The molecule has 0 fully saturated rings. The van der Waals surface area contributed by atoms with Gasteiger partial charge in [0.15, 0.2) is 0 Å². The molecule has 2 amide bonds. The van der Waals surface area contributed by atoms with E-state index in [-0.39, 0.29) is 17.8 Å². The number of hydrogen-bond donors (Lipinski definition) is 3. The van der Waals surface area contributed by atoms with Crippen LogP contribution in [0.25, 0.3) is 0 Å². The van der Waals surface area contributed by atoms with Crippen LogP contribution in [-0.4, -0.2) is 17.2 Å². The predicted molar refractivity (Wildman–Crippen MR) is 64.8 cm³/mol. The van der Waals surface area contributed by atoms with Gasteiger partial charge < -0.3 is 15.7 Å². The molecule has 0 atom stereocenters. The number of phenolic OH excluding ortho intramolecular Hbond substituents is 1. The smallest absolute Gasteiger partial charge is 0.319 e. The van der Waals surface area contributed by atoms with Gasteiger partial charge in [-0.05, 0) is 31.9 Å². The van der Waals surface area contributed by atoms with E-state index in [1.54, 1.807) is 18.2 Å². The number of phenols is 1. The molecular formula is C12H18N2O2. The fourth-order valence-electron chi connectivity index (χ4n) is 1.37. The molecule has 0 aliphatic rings. The summed E-state index contributed by atoms with van der Waals surface area (Å²) in [6, 6.07) is 4.96. The molecule has 0 aliphatic carbocycles. The Labute approximate surface area is 95.7 Å². The average Bonchev–Trinajstić information content (AvgIpc) is 2.16. The number of rotatable bonds is 3. The van der Waals surface area contributed by atoms with Gasteiger partial charge in [0.1, 0.15) is 5.75 Å². The predicted octanol–water partition coefficient (Wildman–Crippen LogP) is 2.48. The normalized spacial score (nSPS) is 10.2. The molecule has 0 saturated heterocycles. The fraction of sp³-hybridized carbons (Fsp3) is 0.417. The minimum atomic E-state index is -0.265. The first-order valence-corrected chi connectivity index (χ1v) is 5.42. The Morgan fingerprint density at radius 1 is 1.44 bits per heavy atom. The lowest BCUT2D eigenvalue weighted by Crippen LogP contribution is -2.34. The highest BCUT2D eigenvalue weighted by atomic mass is 16.3. The van der Waals surface area contributed by atoms with Gasteiger partial charge in [0, 0.05) is 17.8 Å². The number of hydrogen-bond acceptors (Lipinski definition) is 2. The summed E-state index contributed by atoms with van der Waals surface area (Å²) >= 11 is 0. The number of aromatic hydroxyl groups is 1. The Hall–Kier alpha value is -1.71. The minimum absolute atomic E-state index is 0.0866. The molecule has 88 valence electrons. The van der Waals surface area contributed by atoms with Gasteiger partial charge in [-0.2, -0.15) is 0 Å². The highest BCUT2D eigenvalue weighted by Gasteiger charge is 2.05. The topological polar surface area (TPSA) is 61.4 Å². The van der Waals surface area contributed by atoms with Crippen molar-refractivity contribution < 1.29 is 9.90 Å². The van der Waals surface area contributed by atoms with Gasteiger partial charge in [0.25, 0.3) is 0 Å². The molecule has 1 aromatic rings. The van der Waals surface area contributed by atoms with Crippen LogP contribution in [-0.2, 0) is 6.42 Å². The van der Waals surface area contributed by atoms with E-state index in [1.165, 1.54) is 0 Å². The monoisotopic (exact) mass is 222 g/mol. The van der Waals surface area contributed by atoms with Gasteiger partial charge >= 0.3 is 6.03 Å². The van der Waals surface area contributed by atoms with Gasteiger partial charge in [-0.25, -0.2) is 4.79 Å². The molecule has 3 N–H and O–H groups in total. The van der Waals surface area contributed by atoms with Crippen molar-refractivity contribution in [2.24, 2.45) is 0 Å². The summed E-state index contributed by atoms with van der Waals surface area (Å²) in [5, 5.41) is 15.0. The average molecular weight is 222 g/mol. The Bertz CT molecular complexity index is 375. The van der Waals surface area contributed by atoms with Gasteiger partial charge in [0.2, 0.25) is 0 Å². The molecule has 1 rings (SSSR count). The second-order valence-corrected chi connectivity index (χ2v) is 3.95. The van der Waals surface area contributed by atoms with E-state index in [0.29, 0.717) is 5.69 Å². The van der Waals surface area contributed by atoms with E-state index in [4.69, 9.17) is 0 Å². The van der Waals surface area contributed by atoms with Crippen molar-refractivity contribution >= 4 is 11.7 Å². The maximum Gasteiger partial charge on any atom is 0.319 e. The van der Waals surface area contributed by atoms with Crippen molar-refractivity contribution in [1.82, 2.24) is 5.32 Å². The second-order valence-electron chi connectivity index (χ2n) is 3.95. The number of benzene rings is 1. The number of urea groups is 1. The molecule has 0 bridgehead atoms. The summed E-state index contributed by atoms with van der Waals surface area (Å²) in [5.41, 5.74) is 1.46. The van der Waals surface area contributed by atoms with E-state index in [2.05, 4.69) is 10.6 Å². The summed E-state index contributed by atoms with van der Waals surface area (Å²) in [7, 11) is 0. The zero-order valence-electron chi connectivity index (χ0n) is 9.87. The summed E-state index contributed by atoms with van der Waals surface area (Å²) in [6.07, 6.45) is 0.768. The largest absolute Gasteiger partial charge is 0.508 e. The first-order valence-electron chi connectivity index (χ1n) is 5.42. The number of anilines is 1. The minimum Gasteiger partial charge on any atom is -0.508 e. The van der Waals surface area contributed by atoms with Gasteiger partial charge in [0.05, 0.1) is 0 Å². The highest BCUT2D eigenvalue weighted by Crippen LogP contribution is 2.22. The molecule has 16 heavy (non-hydrogen) atoms. The molecule has 0 aliphatic heterocycles. The molecule has 0 radical (unpaired) electrons. The van der Waals surface area contributed by atoms with Crippen LogP contribution in [0, 0.1) is 0 Å². The molecule has 0 heterocycles. The number of carbonyl (C=O) groups excluding carboxylic acids is 1. The third-order valence-corrected chi connectivity index (χ3v) is 2.14. The molecule has 0 saturated carbocycles. The standard InChI is InChI=1S/C12H18N2O2/c1-4-9-5-6-10(7-11(9)15)14-12(16)13-8(2)3/h5-8,15H,4H2,1-3H3,(H2,13,14,16). The lowest BCUT2D eigenvalue weighted by atomic mass is 10.1. The van der Waals surface area contributed by atoms with Crippen LogP contribution < -0.4 is 10.6 Å². The van der Waals surface area contributed by atoms with Crippen LogP contribution >= 0.6 is 0 Å². The van der Waals surface area contributed by atoms with Crippen molar-refractivity contribution in [3.05, 3.63) is 23.8 Å². The van der Waals surface area contributed by atoms with Crippen molar-refractivity contribution in [2.45, 2.75) is 33.2 Å². The van der Waals surface area contributed by atoms with Crippen LogP contribution in [0.15, 0.2) is 18.2 Å². The highest BCUT2D eigenvalue weighted by molar-refractivity contribution is 5.89. The molecular weight excluding hydrogens is 204 g/mol. The van der Waals surface area contributed by atoms with Crippen LogP contribution in [0.1, 0.15) is 26.3 Å². The number of amides is 2. The third-order valence-electron chi connectivity index (χ3n) is 2.14. The summed E-state index contributed by atoms with van der Waals surface area (Å²) in [4.78, 5) is 11.4. The Kier molecular flexibility index (Phi) is 4.17. The lowest BCUT2D eigenvalue weighted by molar-refractivity contribution is 0.250. The zero-order chi connectivity index (χ0) is 12.1. The van der Waals surface area contributed by atoms with E-state index in [0.717, 1.165) is 12.0 Å². The number of nitrogens with one attached hydrogen (secondary N) is 2. The number of aryl methyl sites for hydroxylation is 1. The third kappa shape index (κ3) is 3.46. The van der Waals surface area contributed by atoms with E-state index >= 15 is 0 Å². The van der Waals surface area contributed by atoms with Gasteiger partial charge in [-0.1, -0.05) is 13.0 Å². The molecule has 0 unspecified atom stereocenters. The van der Waals surface area contributed by atoms with Crippen LogP contribution in [0.2, 0.25) is 0 Å². The van der Waals surface area contributed by atoms with Crippen molar-refractivity contribution in [1.29, 1.82) is 0 Å². The fourth-order valence-corrected chi connectivity index (χ4v) is 1.37. The summed E-state index contributed by atoms with van der Waals surface area (Å²) in [6.45, 7) is 5.74. The van der Waals surface area contributed by atoms with E-state index < -0.39 is 0 Å². The summed E-state index contributed by atoms with van der Waals surface area (Å²) < 4.78 is 0.